The van der Waals surface area contributed by atoms with Gasteiger partial charge in [0.05, 0.1) is 12.7 Å². The minimum absolute atomic E-state index is 0.00590. The Kier molecular flexibility index (Phi) is 6.73. The predicted octanol–water partition coefficient (Wildman–Crippen LogP) is 3.43. The Labute approximate surface area is 216 Å². The molecule has 8 nitrogen and oxygen atoms in total. The summed E-state index contributed by atoms with van der Waals surface area (Å²) in [6.45, 7) is 1.56. The lowest BCUT2D eigenvalue weighted by Crippen LogP contribution is -2.50. The molecule has 2 aromatic heterocycles. The van der Waals surface area contributed by atoms with Crippen molar-refractivity contribution in [1.29, 1.82) is 0 Å². The molecular formula is C27H25BrN4O4. The molecule has 3 aromatic rings. The minimum Gasteiger partial charge on any atom is -0.496 e. The van der Waals surface area contributed by atoms with Gasteiger partial charge in [0, 0.05) is 59.7 Å². The first-order chi connectivity index (χ1) is 17.4. The van der Waals surface area contributed by atoms with Gasteiger partial charge < -0.3 is 19.5 Å². The first-order valence-electron chi connectivity index (χ1n) is 11.7. The molecule has 2 aliphatic rings. The van der Waals surface area contributed by atoms with Crippen LogP contribution in [-0.2, 0) is 11.3 Å². The van der Waals surface area contributed by atoms with E-state index in [1.807, 2.05) is 28.8 Å². The number of nitrogens with one attached hydrogen (secondary N) is 1. The fraction of sp³-hybridized carbons (Fsp3) is 0.259. The highest BCUT2D eigenvalue weighted by Gasteiger charge is 2.37. The molecule has 5 rings (SSSR count). The van der Waals surface area contributed by atoms with Crippen molar-refractivity contribution in [3.05, 3.63) is 98.3 Å². The third-order valence-electron chi connectivity index (χ3n) is 6.65. The van der Waals surface area contributed by atoms with Gasteiger partial charge in [-0.05, 0) is 52.5 Å². The van der Waals surface area contributed by atoms with Crippen molar-refractivity contribution in [2.75, 3.05) is 20.2 Å². The van der Waals surface area contributed by atoms with Gasteiger partial charge in [0.25, 0.3) is 17.4 Å². The molecule has 0 saturated carbocycles. The zero-order valence-corrected chi connectivity index (χ0v) is 21.3. The largest absolute Gasteiger partial charge is 0.496 e. The number of benzene rings is 1. The Balaban J connectivity index is 1.47. The quantitative estimate of drug-likeness (QED) is 0.493. The van der Waals surface area contributed by atoms with E-state index in [1.54, 1.807) is 48.5 Å². The number of ether oxygens (including phenoxy) is 1. The number of likely N-dealkylation sites (tertiary alicyclic amines) is 1. The summed E-state index contributed by atoms with van der Waals surface area (Å²) >= 11 is 3.33. The molecule has 9 heteroatoms. The number of piperidine rings is 1. The van der Waals surface area contributed by atoms with Gasteiger partial charge in [-0.2, -0.15) is 0 Å². The summed E-state index contributed by atoms with van der Waals surface area (Å²) in [5.41, 5.74) is 2.09. The number of hydrogen-bond donors (Lipinski definition) is 1. The molecule has 2 bridgehead atoms. The van der Waals surface area contributed by atoms with Crippen LogP contribution >= 0.6 is 15.9 Å². The van der Waals surface area contributed by atoms with Crippen LogP contribution in [0.1, 0.15) is 34.0 Å². The number of hydrogen-bond acceptors (Lipinski definition) is 5. The fourth-order valence-electron chi connectivity index (χ4n) is 5.06. The van der Waals surface area contributed by atoms with Crippen LogP contribution < -0.4 is 15.6 Å². The van der Waals surface area contributed by atoms with Gasteiger partial charge in [-0.25, -0.2) is 0 Å². The summed E-state index contributed by atoms with van der Waals surface area (Å²) in [4.78, 5) is 45.1. The minimum atomic E-state index is -0.438. The summed E-state index contributed by atoms with van der Waals surface area (Å²) in [5.74, 6) is 0.0988. The highest BCUT2D eigenvalue weighted by molar-refractivity contribution is 9.10. The molecule has 184 valence electrons. The Morgan fingerprint density at radius 2 is 1.94 bits per heavy atom. The summed E-state index contributed by atoms with van der Waals surface area (Å²) in [5, 5.41) is 2.81. The van der Waals surface area contributed by atoms with Crippen LogP contribution in [0.25, 0.3) is 6.08 Å². The number of halogens is 1. The maximum atomic E-state index is 13.9. The average Bonchev–Trinajstić information content (AvgIpc) is 2.88. The maximum Gasteiger partial charge on any atom is 0.270 e. The van der Waals surface area contributed by atoms with E-state index in [0.717, 1.165) is 12.1 Å². The molecular weight excluding hydrogens is 524 g/mol. The van der Waals surface area contributed by atoms with Crippen LogP contribution in [0.3, 0.4) is 0 Å². The number of carbonyl (C=O) groups is 2. The molecule has 2 aliphatic heterocycles. The first-order valence-corrected chi connectivity index (χ1v) is 12.5. The Hall–Kier alpha value is -3.72. The van der Waals surface area contributed by atoms with Gasteiger partial charge in [0.1, 0.15) is 11.4 Å². The molecule has 2 atom stereocenters. The van der Waals surface area contributed by atoms with Crippen molar-refractivity contribution in [2.24, 2.45) is 5.92 Å². The van der Waals surface area contributed by atoms with Crippen LogP contribution in [0.5, 0.6) is 5.75 Å². The third-order valence-corrected chi connectivity index (χ3v) is 7.09. The molecule has 2 unspecified atom stereocenters. The van der Waals surface area contributed by atoms with Crippen LogP contribution in [0.4, 0.5) is 0 Å². The second kappa shape index (κ2) is 10.1. The van der Waals surface area contributed by atoms with Gasteiger partial charge >= 0.3 is 0 Å². The van der Waals surface area contributed by atoms with E-state index in [0.29, 0.717) is 41.0 Å². The second-order valence-corrected chi connectivity index (χ2v) is 9.97. The number of para-hydroxylation sites is 1. The summed E-state index contributed by atoms with van der Waals surface area (Å²) in [6.07, 6.45) is 5.61. The molecule has 0 aliphatic carbocycles. The van der Waals surface area contributed by atoms with Gasteiger partial charge in [-0.3, -0.25) is 19.4 Å². The zero-order valence-electron chi connectivity index (χ0n) is 19.7. The molecule has 2 amide bonds. The number of nitrogens with zero attached hydrogens (tertiary/aromatic N) is 3. The molecule has 36 heavy (non-hydrogen) atoms. The van der Waals surface area contributed by atoms with E-state index in [2.05, 4.69) is 26.2 Å². The maximum absolute atomic E-state index is 13.9. The number of aromatic nitrogens is 2. The van der Waals surface area contributed by atoms with Crippen molar-refractivity contribution < 1.29 is 14.3 Å². The van der Waals surface area contributed by atoms with Crippen LogP contribution in [0.15, 0.2) is 75.9 Å². The highest BCUT2D eigenvalue weighted by Crippen LogP contribution is 2.35. The van der Waals surface area contributed by atoms with Crippen molar-refractivity contribution in [1.82, 2.24) is 19.8 Å². The van der Waals surface area contributed by atoms with Crippen molar-refractivity contribution in [2.45, 2.75) is 18.9 Å². The molecule has 1 saturated heterocycles. The van der Waals surface area contributed by atoms with Crippen molar-refractivity contribution in [3.63, 3.8) is 0 Å². The van der Waals surface area contributed by atoms with Crippen molar-refractivity contribution >= 4 is 33.8 Å². The predicted molar refractivity (Wildman–Crippen MR) is 139 cm³/mol. The van der Waals surface area contributed by atoms with E-state index in [1.165, 1.54) is 6.20 Å². The Morgan fingerprint density at radius 3 is 2.75 bits per heavy atom. The van der Waals surface area contributed by atoms with Crippen molar-refractivity contribution in [3.8, 4) is 5.75 Å². The van der Waals surface area contributed by atoms with E-state index in [-0.39, 0.29) is 29.0 Å². The molecule has 0 spiro atoms. The summed E-state index contributed by atoms with van der Waals surface area (Å²) < 4.78 is 7.95. The Morgan fingerprint density at radius 1 is 1.11 bits per heavy atom. The average molecular weight is 549 g/mol. The van der Waals surface area contributed by atoms with Gasteiger partial charge in [-0.15, -0.1) is 0 Å². The lowest BCUT2D eigenvalue weighted by atomic mass is 9.83. The molecule has 4 heterocycles. The number of methoxy groups -OCH3 is 1. The monoisotopic (exact) mass is 548 g/mol. The lowest BCUT2D eigenvalue weighted by Gasteiger charge is -2.43. The SMILES string of the molecule is COc1ccccc1C=C(NC(=O)c1cncc(Br)c1)C(=O)N1CC2CC(C1)c1cccc(=O)n1C2. The van der Waals surface area contributed by atoms with E-state index in [4.69, 9.17) is 4.74 Å². The number of carbonyl (C=O) groups excluding carboxylic acids is 2. The molecule has 0 radical (unpaired) electrons. The lowest BCUT2D eigenvalue weighted by molar-refractivity contribution is -0.130. The second-order valence-electron chi connectivity index (χ2n) is 9.05. The van der Waals surface area contributed by atoms with Gasteiger partial charge in [0.2, 0.25) is 0 Å². The van der Waals surface area contributed by atoms with E-state index in [9.17, 15) is 14.4 Å². The highest BCUT2D eigenvalue weighted by atomic mass is 79.9. The van der Waals surface area contributed by atoms with Crippen LogP contribution in [-0.4, -0.2) is 46.5 Å². The van der Waals surface area contributed by atoms with E-state index < -0.39 is 5.91 Å². The zero-order chi connectivity index (χ0) is 25.2. The first kappa shape index (κ1) is 24.0. The van der Waals surface area contributed by atoms with Gasteiger partial charge in [-0.1, -0.05) is 24.3 Å². The molecule has 1 aromatic carbocycles. The van der Waals surface area contributed by atoms with Crippen LogP contribution in [0.2, 0.25) is 0 Å². The standard InChI is InChI=1S/C27H25BrN4O4/c1-36-24-7-3-2-5-18(24)11-22(30-26(34)19-10-21(28)13-29-12-19)27(35)31-14-17-9-20(16-31)23-6-4-8-25(33)32(23)15-17/h2-8,10-13,17,20H,9,14-16H2,1H3,(H,30,34). The van der Waals surface area contributed by atoms with E-state index >= 15 is 0 Å². The fourth-order valence-corrected chi connectivity index (χ4v) is 5.42. The molecule has 1 fully saturated rings. The van der Waals surface area contributed by atoms with Crippen LogP contribution in [0, 0.1) is 5.92 Å². The normalized spacial score (nSPS) is 18.8. The number of pyridine rings is 2. The third kappa shape index (κ3) is 4.83. The number of rotatable bonds is 5. The topological polar surface area (TPSA) is 93.5 Å². The number of amides is 2. The summed E-state index contributed by atoms with van der Waals surface area (Å²) in [6, 6.07) is 14.3. The molecule has 1 N–H and O–H groups in total. The smallest absolute Gasteiger partial charge is 0.270 e. The van der Waals surface area contributed by atoms with Gasteiger partial charge in [0.15, 0.2) is 0 Å². The Bertz CT molecular complexity index is 1420. The summed E-state index contributed by atoms with van der Waals surface area (Å²) in [7, 11) is 1.56. The number of fused-ring (bicyclic) bond motifs is 4.